The fraction of sp³-hybridized carbons (Fsp3) is 0.645. The summed E-state index contributed by atoms with van der Waals surface area (Å²) in [6.45, 7) is 31.2. The Labute approximate surface area is 230 Å². The molecule has 0 rings (SSSR count). The van der Waals surface area contributed by atoms with Crippen LogP contribution in [0.25, 0.3) is 0 Å². The van der Waals surface area contributed by atoms with E-state index in [4.69, 9.17) is 14.0 Å². The molecule has 0 aromatic rings. The first-order valence-corrected chi connectivity index (χ1v) is 19.4. The Balaban J connectivity index is 5.57. The minimum atomic E-state index is -1.92. The molecule has 0 spiro atoms. The van der Waals surface area contributed by atoms with Crippen molar-refractivity contribution in [2.24, 2.45) is 0 Å². The Hall–Kier alpha value is -1.48. The predicted octanol–water partition coefficient (Wildman–Crippen LogP) is 9.60. The highest BCUT2D eigenvalue weighted by Crippen LogP contribution is 2.40. The normalized spacial score (nSPS) is 17.1. The van der Waals surface area contributed by atoms with Crippen molar-refractivity contribution in [3.05, 3.63) is 59.3 Å². The van der Waals surface area contributed by atoms with Gasteiger partial charge in [0.1, 0.15) is 0 Å². The van der Waals surface area contributed by atoms with Gasteiger partial charge in [-0.25, -0.2) is 4.79 Å². The third-order valence-electron chi connectivity index (χ3n) is 7.53. The van der Waals surface area contributed by atoms with Gasteiger partial charge in [0.25, 0.3) is 0 Å². The molecule has 212 valence electrons. The molecule has 1 N–H and O–H groups in total. The minimum Gasteiger partial charge on any atom is -0.478 e. The van der Waals surface area contributed by atoms with Gasteiger partial charge in [-0.1, -0.05) is 94.7 Å². The van der Waals surface area contributed by atoms with Crippen LogP contribution in [-0.2, 0) is 13.6 Å². The second-order valence-electron chi connectivity index (χ2n) is 13.4. The Bertz CT molecular complexity index is 891. The van der Waals surface area contributed by atoms with Gasteiger partial charge in [-0.2, -0.15) is 0 Å². The first kappa shape index (κ1) is 35.5. The van der Waals surface area contributed by atoms with E-state index in [1.54, 1.807) is 6.08 Å². The van der Waals surface area contributed by atoms with E-state index in [-0.39, 0.29) is 22.3 Å². The Morgan fingerprint density at radius 2 is 1.32 bits per heavy atom. The first-order chi connectivity index (χ1) is 16.6. The van der Waals surface area contributed by atoms with Gasteiger partial charge in [-0.05, 0) is 76.8 Å². The molecular formula is C31H56O4Si2. The second kappa shape index (κ2) is 14.6. The van der Waals surface area contributed by atoms with E-state index < -0.39 is 22.6 Å². The summed E-state index contributed by atoms with van der Waals surface area (Å²) in [6.07, 6.45) is 15.2. The standard InChI is InChI=1S/C31H56O4Si2/c1-24(16-15-17-25(2)22-26(3)19-21-29(32)33)18-20-28(35-37(13,14)31(8,9)10)23-27(4)34-36(11,12)30(5,6)7/h15-19,21-22,27-28H,20,23H2,1-14H3,(H,32,33)/t27-,28-/m0/s1. The molecule has 0 radical (unpaired) electrons. The average molecular weight is 549 g/mol. The molecule has 0 aliphatic carbocycles. The van der Waals surface area contributed by atoms with Crippen LogP contribution in [0.15, 0.2) is 59.3 Å². The molecule has 0 saturated heterocycles. The van der Waals surface area contributed by atoms with Crippen molar-refractivity contribution < 1.29 is 18.8 Å². The van der Waals surface area contributed by atoms with Gasteiger partial charge in [0.05, 0.1) is 6.10 Å². The highest BCUT2D eigenvalue weighted by molar-refractivity contribution is 6.74. The third kappa shape index (κ3) is 14.3. The summed E-state index contributed by atoms with van der Waals surface area (Å²) in [4.78, 5) is 10.7. The van der Waals surface area contributed by atoms with E-state index in [2.05, 4.69) is 93.7 Å². The predicted molar refractivity (Wildman–Crippen MR) is 166 cm³/mol. The molecule has 37 heavy (non-hydrogen) atoms. The molecule has 0 amide bonds. The number of hydrogen-bond donors (Lipinski definition) is 1. The fourth-order valence-electron chi connectivity index (χ4n) is 3.28. The van der Waals surface area contributed by atoms with Gasteiger partial charge < -0.3 is 14.0 Å². The van der Waals surface area contributed by atoms with Crippen molar-refractivity contribution in [3.8, 4) is 0 Å². The Morgan fingerprint density at radius 1 is 0.811 bits per heavy atom. The zero-order chi connectivity index (χ0) is 29.2. The number of carbonyl (C=O) groups is 1. The molecule has 0 unspecified atom stereocenters. The van der Waals surface area contributed by atoms with Crippen LogP contribution in [0.1, 0.15) is 82.1 Å². The number of hydrogen-bond acceptors (Lipinski definition) is 3. The molecule has 0 fully saturated rings. The molecule has 6 heteroatoms. The lowest BCUT2D eigenvalue weighted by molar-refractivity contribution is -0.131. The van der Waals surface area contributed by atoms with Crippen molar-refractivity contribution in [1.29, 1.82) is 0 Å². The summed E-state index contributed by atoms with van der Waals surface area (Å²) >= 11 is 0. The van der Waals surface area contributed by atoms with E-state index in [0.717, 1.165) is 30.1 Å². The van der Waals surface area contributed by atoms with Crippen LogP contribution in [-0.4, -0.2) is 39.9 Å². The summed E-state index contributed by atoms with van der Waals surface area (Å²) in [5.74, 6) is -0.938. The van der Waals surface area contributed by atoms with Crippen LogP contribution >= 0.6 is 0 Å². The van der Waals surface area contributed by atoms with Gasteiger partial charge in [0.2, 0.25) is 0 Å². The Morgan fingerprint density at radius 3 is 1.81 bits per heavy atom. The van der Waals surface area contributed by atoms with Crippen molar-refractivity contribution >= 4 is 22.6 Å². The molecule has 0 aliphatic rings. The molecular weight excluding hydrogens is 493 g/mol. The van der Waals surface area contributed by atoms with Crippen molar-refractivity contribution in [2.75, 3.05) is 0 Å². The topological polar surface area (TPSA) is 55.8 Å². The van der Waals surface area contributed by atoms with Crippen LogP contribution in [0.5, 0.6) is 0 Å². The van der Waals surface area contributed by atoms with E-state index in [9.17, 15) is 4.79 Å². The van der Waals surface area contributed by atoms with Gasteiger partial charge in [0, 0.05) is 12.2 Å². The monoisotopic (exact) mass is 548 g/mol. The summed E-state index contributed by atoms with van der Waals surface area (Å²) < 4.78 is 13.6. The molecule has 0 bridgehead atoms. The van der Waals surface area contributed by atoms with Crippen LogP contribution in [0.2, 0.25) is 36.3 Å². The molecule has 0 aromatic heterocycles. The zero-order valence-corrected chi connectivity index (χ0v) is 28.3. The van der Waals surface area contributed by atoms with Crippen LogP contribution in [0, 0.1) is 0 Å². The van der Waals surface area contributed by atoms with Gasteiger partial charge >= 0.3 is 5.97 Å². The summed E-state index contributed by atoms with van der Waals surface area (Å²) in [5, 5.41) is 9.10. The summed E-state index contributed by atoms with van der Waals surface area (Å²) in [7, 11) is -3.76. The fourth-order valence-corrected chi connectivity index (χ4v) is 6.11. The van der Waals surface area contributed by atoms with E-state index in [0.29, 0.717) is 0 Å². The number of carboxylic acids is 1. The number of allylic oxidation sites excluding steroid dienone is 8. The third-order valence-corrected chi connectivity index (χ3v) is 16.7. The SMILES string of the molecule is CC(=CC=CC(C)=CC[C@@H](C[C@H](C)O[Si](C)(C)C(C)(C)C)O[Si](C)(C)C(C)(C)C)C=C(C)C=CC(=O)O. The second-order valence-corrected chi connectivity index (χ2v) is 23.0. The molecule has 0 heterocycles. The average Bonchev–Trinajstić information content (AvgIpc) is 2.68. The lowest BCUT2D eigenvalue weighted by Crippen LogP contribution is -2.46. The molecule has 0 saturated carbocycles. The van der Waals surface area contributed by atoms with Gasteiger partial charge in [0.15, 0.2) is 16.6 Å². The van der Waals surface area contributed by atoms with E-state index in [1.165, 1.54) is 5.57 Å². The van der Waals surface area contributed by atoms with Crippen molar-refractivity contribution in [1.82, 2.24) is 0 Å². The van der Waals surface area contributed by atoms with E-state index >= 15 is 0 Å². The first-order valence-electron chi connectivity index (χ1n) is 13.5. The number of rotatable bonds is 13. The van der Waals surface area contributed by atoms with Gasteiger partial charge in [-0.15, -0.1) is 0 Å². The van der Waals surface area contributed by atoms with Crippen molar-refractivity contribution in [3.63, 3.8) is 0 Å². The van der Waals surface area contributed by atoms with Crippen molar-refractivity contribution in [2.45, 2.75) is 131 Å². The molecule has 0 aliphatic heterocycles. The van der Waals surface area contributed by atoms with Crippen LogP contribution in [0.4, 0.5) is 0 Å². The summed E-state index contributed by atoms with van der Waals surface area (Å²) in [5.41, 5.74) is 3.15. The smallest absolute Gasteiger partial charge is 0.328 e. The number of aliphatic carboxylic acids is 1. The highest BCUT2D eigenvalue weighted by Gasteiger charge is 2.41. The highest BCUT2D eigenvalue weighted by atomic mass is 28.4. The number of carboxylic acid groups (broad SMARTS) is 1. The largest absolute Gasteiger partial charge is 0.478 e. The maximum atomic E-state index is 10.7. The molecule has 0 aromatic carbocycles. The zero-order valence-electron chi connectivity index (χ0n) is 26.3. The molecule has 2 atom stereocenters. The lowest BCUT2D eigenvalue weighted by atomic mass is 10.1. The van der Waals surface area contributed by atoms with Crippen LogP contribution < -0.4 is 0 Å². The van der Waals surface area contributed by atoms with E-state index in [1.807, 2.05) is 32.1 Å². The van der Waals surface area contributed by atoms with Gasteiger partial charge in [-0.3, -0.25) is 0 Å². The molecule has 4 nitrogen and oxygen atoms in total. The maximum absolute atomic E-state index is 10.7. The lowest BCUT2D eigenvalue weighted by Gasteiger charge is -2.42. The minimum absolute atomic E-state index is 0.118. The maximum Gasteiger partial charge on any atom is 0.328 e. The summed E-state index contributed by atoms with van der Waals surface area (Å²) in [6, 6.07) is 0. The quantitative estimate of drug-likeness (QED) is 0.141. The Kier molecular flexibility index (Phi) is 14.0. The van der Waals surface area contributed by atoms with Crippen LogP contribution in [0.3, 0.4) is 0 Å².